The number of rotatable bonds is 5. The molecule has 2 rings (SSSR count). The van der Waals surface area contributed by atoms with Crippen LogP contribution in [0.25, 0.3) is 0 Å². The minimum Gasteiger partial charge on any atom is -0.398 e. The van der Waals surface area contributed by atoms with Gasteiger partial charge in [0.25, 0.3) is 0 Å². The van der Waals surface area contributed by atoms with E-state index < -0.39 is 0 Å². The monoisotopic (exact) mass is 288 g/mol. The number of nitrogen functional groups attached to an aromatic ring is 1. The standard InChI is InChI=1S/C17H21ClN2/c1-13(2)20(11-14-6-4-3-5-7-14)12-15-8-9-16(18)17(19)10-15/h3-10,13H,11-12,19H2,1-2H3. The number of hydrogen-bond acceptors (Lipinski definition) is 2. The summed E-state index contributed by atoms with van der Waals surface area (Å²) in [6.07, 6.45) is 0. The number of nitrogens with zero attached hydrogens (tertiary/aromatic N) is 1. The third kappa shape index (κ3) is 3.99. The fourth-order valence-electron chi connectivity index (χ4n) is 2.17. The number of hydrogen-bond donors (Lipinski definition) is 1. The molecule has 3 heteroatoms. The average molecular weight is 289 g/mol. The minimum absolute atomic E-state index is 0.465. The molecule has 0 bridgehead atoms. The van der Waals surface area contributed by atoms with E-state index in [1.54, 1.807) is 0 Å². The van der Waals surface area contributed by atoms with E-state index in [1.165, 1.54) is 11.1 Å². The Balaban J connectivity index is 2.11. The van der Waals surface area contributed by atoms with Crippen LogP contribution in [0.5, 0.6) is 0 Å². The Morgan fingerprint density at radius 2 is 1.65 bits per heavy atom. The first-order valence-electron chi connectivity index (χ1n) is 6.88. The van der Waals surface area contributed by atoms with Gasteiger partial charge in [-0.2, -0.15) is 0 Å². The maximum atomic E-state index is 5.97. The smallest absolute Gasteiger partial charge is 0.0635 e. The van der Waals surface area contributed by atoms with E-state index in [4.69, 9.17) is 17.3 Å². The van der Waals surface area contributed by atoms with Crippen molar-refractivity contribution in [2.75, 3.05) is 5.73 Å². The maximum Gasteiger partial charge on any atom is 0.0635 e. The molecule has 0 aromatic heterocycles. The maximum absolute atomic E-state index is 5.97. The van der Waals surface area contributed by atoms with Crippen molar-refractivity contribution in [3.05, 3.63) is 64.7 Å². The highest BCUT2D eigenvalue weighted by Crippen LogP contribution is 2.21. The van der Waals surface area contributed by atoms with Crippen LogP contribution in [0.1, 0.15) is 25.0 Å². The first kappa shape index (κ1) is 14.9. The minimum atomic E-state index is 0.465. The zero-order valence-corrected chi connectivity index (χ0v) is 12.8. The van der Waals surface area contributed by atoms with Crippen LogP contribution in [-0.2, 0) is 13.1 Å². The first-order chi connectivity index (χ1) is 9.56. The Hall–Kier alpha value is -1.51. The summed E-state index contributed by atoms with van der Waals surface area (Å²) in [4.78, 5) is 2.41. The summed E-state index contributed by atoms with van der Waals surface area (Å²) >= 11 is 5.97. The highest BCUT2D eigenvalue weighted by atomic mass is 35.5. The van der Waals surface area contributed by atoms with Gasteiger partial charge in [0.2, 0.25) is 0 Å². The molecule has 0 fully saturated rings. The quantitative estimate of drug-likeness (QED) is 0.830. The summed E-state index contributed by atoms with van der Waals surface area (Å²) in [5.74, 6) is 0. The molecule has 0 aliphatic carbocycles. The van der Waals surface area contributed by atoms with Crippen molar-refractivity contribution in [3.63, 3.8) is 0 Å². The van der Waals surface area contributed by atoms with E-state index in [0.717, 1.165) is 13.1 Å². The molecule has 0 amide bonds. The largest absolute Gasteiger partial charge is 0.398 e. The second-order valence-corrected chi connectivity index (χ2v) is 5.75. The van der Waals surface area contributed by atoms with Gasteiger partial charge in [-0.1, -0.05) is 48.0 Å². The van der Waals surface area contributed by atoms with Crippen LogP contribution >= 0.6 is 11.6 Å². The van der Waals surface area contributed by atoms with Crippen LogP contribution < -0.4 is 5.73 Å². The van der Waals surface area contributed by atoms with Gasteiger partial charge in [0.15, 0.2) is 0 Å². The lowest BCUT2D eigenvalue weighted by Crippen LogP contribution is -2.29. The van der Waals surface area contributed by atoms with Gasteiger partial charge in [-0.25, -0.2) is 0 Å². The van der Waals surface area contributed by atoms with Crippen molar-refractivity contribution in [3.8, 4) is 0 Å². The zero-order chi connectivity index (χ0) is 14.5. The van der Waals surface area contributed by atoms with E-state index in [2.05, 4.69) is 43.0 Å². The highest BCUT2D eigenvalue weighted by molar-refractivity contribution is 6.33. The lowest BCUT2D eigenvalue weighted by molar-refractivity contribution is 0.204. The predicted molar refractivity (Wildman–Crippen MR) is 86.7 cm³/mol. The molecule has 2 aromatic rings. The van der Waals surface area contributed by atoms with E-state index >= 15 is 0 Å². The molecule has 0 saturated carbocycles. The van der Waals surface area contributed by atoms with Gasteiger partial charge >= 0.3 is 0 Å². The van der Waals surface area contributed by atoms with E-state index in [9.17, 15) is 0 Å². The molecule has 0 spiro atoms. The van der Waals surface area contributed by atoms with Crippen molar-refractivity contribution in [1.82, 2.24) is 4.90 Å². The molecular formula is C17H21ClN2. The molecule has 0 aliphatic heterocycles. The molecule has 2 nitrogen and oxygen atoms in total. The molecule has 0 heterocycles. The van der Waals surface area contributed by atoms with Crippen LogP contribution in [0.2, 0.25) is 5.02 Å². The number of nitrogens with two attached hydrogens (primary N) is 1. The average Bonchev–Trinajstić information content (AvgIpc) is 2.43. The van der Waals surface area contributed by atoms with Gasteiger partial charge < -0.3 is 5.73 Å². The molecule has 0 saturated heterocycles. The zero-order valence-electron chi connectivity index (χ0n) is 12.0. The van der Waals surface area contributed by atoms with Gasteiger partial charge in [-0.3, -0.25) is 4.90 Å². The Morgan fingerprint density at radius 3 is 2.25 bits per heavy atom. The highest BCUT2D eigenvalue weighted by Gasteiger charge is 2.11. The third-order valence-electron chi connectivity index (χ3n) is 3.40. The Morgan fingerprint density at radius 1 is 1.00 bits per heavy atom. The molecule has 2 N–H and O–H groups in total. The lowest BCUT2D eigenvalue weighted by Gasteiger charge is -2.27. The molecule has 106 valence electrons. The summed E-state index contributed by atoms with van der Waals surface area (Å²) < 4.78 is 0. The van der Waals surface area contributed by atoms with Crippen molar-refractivity contribution < 1.29 is 0 Å². The fraction of sp³-hybridized carbons (Fsp3) is 0.294. The summed E-state index contributed by atoms with van der Waals surface area (Å²) in [5, 5.41) is 0.618. The van der Waals surface area contributed by atoms with Crippen LogP contribution in [0.4, 0.5) is 5.69 Å². The third-order valence-corrected chi connectivity index (χ3v) is 3.75. The summed E-state index contributed by atoms with van der Waals surface area (Å²) in [5.41, 5.74) is 9.03. The summed E-state index contributed by atoms with van der Waals surface area (Å²) in [6, 6.07) is 16.9. The number of halogens is 1. The van der Waals surface area contributed by atoms with Crippen LogP contribution in [0.15, 0.2) is 48.5 Å². The predicted octanol–water partition coefficient (Wildman–Crippen LogP) is 4.33. The Labute approximate surface area is 126 Å². The Bertz CT molecular complexity index is 552. The molecule has 0 aliphatic rings. The van der Waals surface area contributed by atoms with E-state index in [1.807, 2.05) is 24.3 Å². The summed E-state index contributed by atoms with van der Waals surface area (Å²) in [6.45, 7) is 6.22. The SMILES string of the molecule is CC(C)N(Cc1ccccc1)Cc1ccc(Cl)c(N)c1. The normalized spacial score (nSPS) is 11.2. The second-order valence-electron chi connectivity index (χ2n) is 5.34. The van der Waals surface area contributed by atoms with Gasteiger partial charge in [0, 0.05) is 19.1 Å². The molecule has 0 unspecified atom stereocenters. The van der Waals surface area contributed by atoms with Gasteiger partial charge in [-0.15, -0.1) is 0 Å². The van der Waals surface area contributed by atoms with Crippen LogP contribution in [0.3, 0.4) is 0 Å². The van der Waals surface area contributed by atoms with E-state index in [-0.39, 0.29) is 0 Å². The van der Waals surface area contributed by atoms with Gasteiger partial charge in [0.05, 0.1) is 10.7 Å². The summed E-state index contributed by atoms with van der Waals surface area (Å²) in [7, 11) is 0. The molecule has 0 atom stereocenters. The molecular weight excluding hydrogens is 268 g/mol. The molecule has 0 radical (unpaired) electrons. The number of anilines is 1. The van der Waals surface area contributed by atoms with Gasteiger partial charge in [-0.05, 0) is 37.1 Å². The molecule has 20 heavy (non-hydrogen) atoms. The van der Waals surface area contributed by atoms with Crippen molar-refractivity contribution in [2.24, 2.45) is 0 Å². The topological polar surface area (TPSA) is 29.3 Å². The van der Waals surface area contributed by atoms with Gasteiger partial charge in [0.1, 0.15) is 0 Å². The van der Waals surface area contributed by atoms with Crippen LogP contribution in [-0.4, -0.2) is 10.9 Å². The Kier molecular flexibility index (Phi) is 5.05. The molecule has 2 aromatic carbocycles. The lowest BCUT2D eigenvalue weighted by atomic mass is 10.1. The van der Waals surface area contributed by atoms with Crippen LogP contribution in [0, 0.1) is 0 Å². The number of benzene rings is 2. The van der Waals surface area contributed by atoms with Crippen molar-refractivity contribution in [1.29, 1.82) is 0 Å². The van der Waals surface area contributed by atoms with Crippen molar-refractivity contribution in [2.45, 2.75) is 33.0 Å². The second kappa shape index (κ2) is 6.78. The van der Waals surface area contributed by atoms with Crippen molar-refractivity contribution >= 4 is 17.3 Å². The van der Waals surface area contributed by atoms with E-state index in [0.29, 0.717) is 16.8 Å². The first-order valence-corrected chi connectivity index (χ1v) is 7.26. The fourth-order valence-corrected chi connectivity index (χ4v) is 2.28.